The van der Waals surface area contributed by atoms with Gasteiger partial charge in [0.05, 0.1) is 13.4 Å². The van der Waals surface area contributed by atoms with Crippen LogP contribution in [0.25, 0.3) is 0 Å². The number of rotatable bonds is 9. The van der Waals surface area contributed by atoms with Crippen LogP contribution in [-0.4, -0.2) is 72.7 Å². The maximum absolute atomic E-state index is 4.27. The molecule has 0 radical (unpaired) electrons. The molecule has 0 spiro atoms. The average Bonchev–Trinajstić information content (AvgIpc) is 2.70. The predicted molar refractivity (Wildman–Crippen MR) is 111 cm³/mol. The highest BCUT2D eigenvalue weighted by atomic mass is 15.2. The molecule has 0 fully saturated rings. The molecule has 0 heterocycles. The highest BCUT2D eigenvalue weighted by Crippen LogP contribution is 2.25. The van der Waals surface area contributed by atoms with Crippen molar-refractivity contribution in [3.05, 3.63) is 72.8 Å². The Morgan fingerprint density at radius 3 is 1.58 bits per heavy atom. The number of allylic oxidation sites excluding steroid dienone is 4. The van der Waals surface area contributed by atoms with Gasteiger partial charge in [0.15, 0.2) is 13.1 Å². The summed E-state index contributed by atoms with van der Waals surface area (Å²) in [5, 5.41) is 0. The summed E-state index contributed by atoms with van der Waals surface area (Å²) in [6.07, 6.45) is 16.8. The molecule has 0 N–H and O–H groups in total. The quantitative estimate of drug-likeness (QED) is 0.359. The fourth-order valence-electron chi connectivity index (χ4n) is 2.93. The first-order valence-corrected chi connectivity index (χ1v) is 9.26. The molecule has 4 nitrogen and oxygen atoms in total. The third kappa shape index (κ3) is 4.51. The minimum Gasteiger partial charge on any atom is -0.437 e. The van der Waals surface area contributed by atoms with Crippen molar-refractivity contribution in [1.29, 1.82) is 0 Å². The maximum atomic E-state index is 4.27. The van der Waals surface area contributed by atoms with Crippen LogP contribution in [0.4, 0.5) is 0 Å². The summed E-state index contributed by atoms with van der Waals surface area (Å²) in [6, 6.07) is 2.29. The summed E-state index contributed by atoms with van der Waals surface area (Å²) in [6.45, 7) is 16.4. The molecule has 0 amide bonds. The van der Waals surface area contributed by atoms with Crippen molar-refractivity contribution in [2.45, 2.75) is 13.8 Å². The summed E-state index contributed by atoms with van der Waals surface area (Å²) in [5.74, 6) is 0. The van der Waals surface area contributed by atoms with Crippen LogP contribution in [-0.2, 0) is 0 Å². The largest absolute Gasteiger partial charge is 0.437 e. The SMILES string of the molecule is C=[N+](CC[N+](=C)[C-]1C=C[CH-]C=C1N(C)CC)[C-]1C=C[CH-]C=C1N(C)CC. The van der Waals surface area contributed by atoms with Crippen molar-refractivity contribution in [3.8, 4) is 0 Å². The standard InChI is InChI=1S/C22H32N4/c1-7-23(3)19-13-9-11-15-21(19)25(5)17-18-26(6)22-16-12-10-14-20(22)24(4)8-2/h9-16H,5-8,17-18H2,1-4H3/q-2. The van der Waals surface area contributed by atoms with Gasteiger partial charge in [0.2, 0.25) is 0 Å². The van der Waals surface area contributed by atoms with E-state index in [1.54, 1.807) is 0 Å². The first-order chi connectivity index (χ1) is 12.5. The minimum atomic E-state index is 0.794. The van der Waals surface area contributed by atoms with Crippen LogP contribution in [0, 0.1) is 24.9 Å². The van der Waals surface area contributed by atoms with Crippen LogP contribution in [0.1, 0.15) is 13.8 Å². The van der Waals surface area contributed by atoms with Crippen molar-refractivity contribution in [2.75, 3.05) is 40.3 Å². The first-order valence-electron chi connectivity index (χ1n) is 9.26. The van der Waals surface area contributed by atoms with E-state index in [0.717, 1.165) is 38.3 Å². The van der Waals surface area contributed by atoms with Crippen molar-refractivity contribution in [2.24, 2.45) is 0 Å². The molecule has 0 aromatic carbocycles. The van der Waals surface area contributed by atoms with Gasteiger partial charge < -0.3 is 9.80 Å². The molecule has 142 valence electrons. The fraction of sp³-hybridized carbons (Fsp3) is 0.364. The van der Waals surface area contributed by atoms with Crippen LogP contribution in [0.5, 0.6) is 0 Å². The van der Waals surface area contributed by atoms with E-state index >= 15 is 0 Å². The second-order valence-electron chi connectivity index (χ2n) is 6.53. The number of nitrogens with zero attached hydrogens (tertiary/aromatic N) is 4. The molecule has 0 aromatic rings. The second kappa shape index (κ2) is 9.18. The minimum absolute atomic E-state index is 0.794. The highest BCUT2D eigenvalue weighted by molar-refractivity contribution is 5.39. The van der Waals surface area contributed by atoms with Crippen LogP contribution in [0.3, 0.4) is 0 Å². The van der Waals surface area contributed by atoms with Gasteiger partial charge in [0, 0.05) is 25.2 Å². The molecule has 0 atom stereocenters. The van der Waals surface area contributed by atoms with Crippen LogP contribution in [0.2, 0.25) is 0 Å². The van der Waals surface area contributed by atoms with Crippen molar-refractivity contribution >= 4 is 13.4 Å². The van der Waals surface area contributed by atoms with E-state index in [-0.39, 0.29) is 0 Å². The van der Waals surface area contributed by atoms with Gasteiger partial charge in [-0.05, 0) is 27.9 Å². The van der Waals surface area contributed by atoms with Crippen LogP contribution < -0.4 is 0 Å². The van der Waals surface area contributed by atoms with E-state index in [0.29, 0.717) is 0 Å². The van der Waals surface area contributed by atoms with E-state index in [9.17, 15) is 0 Å². The molecule has 0 aliphatic heterocycles. The molecule has 26 heavy (non-hydrogen) atoms. The average molecular weight is 353 g/mol. The third-order valence-electron chi connectivity index (χ3n) is 4.86. The van der Waals surface area contributed by atoms with Crippen molar-refractivity contribution in [3.63, 3.8) is 0 Å². The van der Waals surface area contributed by atoms with Gasteiger partial charge in [0.1, 0.15) is 0 Å². The summed E-state index contributed by atoms with van der Waals surface area (Å²) >= 11 is 0. The smallest absolute Gasteiger partial charge is 0.186 e. The zero-order valence-corrected chi connectivity index (χ0v) is 16.7. The highest BCUT2D eigenvalue weighted by Gasteiger charge is 2.17. The van der Waals surface area contributed by atoms with Gasteiger partial charge in [-0.1, -0.05) is 11.4 Å². The monoisotopic (exact) mass is 352 g/mol. The summed E-state index contributed by atoms with van der Waals surface area (Å²) in [7, 11) is 4.22. The number of hydrogen-bond acceptors (Lipinski definition) is 2. The number of hydrogen-bond donors (Lipinski definition) is 0. The molecule has 2 rings (SSSR count). The third-order valence-corrected chi connectivity index (χ3v) is 4.86. The van der Waals surface area contributed by atoms with Crippen molar-refractivity contribution in [1.82, 2.24) is 9.80 Å². The maximum Gasteiger partial charge on any atom is 0.186 e. The molecule has 4 heteroatoms. The Kier molecular flexibility index (Phi) is 6.96. The summed E-state index contributed by atoms with van der Waals surface area (Å²) in [4.78, 5) is 4.47. The van der Waals surface area contributed by atoms with Gasteiger partial charge >= 0.3 is 0 Å². The van der Waals surface area contributed by atoms with Gasteiger partial charge in [-0.25, -0.2) is 24.3 Å². The molecule has 0 bridgehead atoms. The lowest BCUT2D eigenvalue weighted by Crippen LogP contribution is -2.34. The van der Waals surface area contributed by atoms with Crippen molar-refractivity contribution < 1.29 is 9.15 Å². The zero-order valence-electron chi connectivity index (χ0n) is 16.7. The number of likely N-dealkylation sites (N-methyl/N-ethyl adjacent to an activating group) is 2. The Morgan fingerprint density at radius 2 is 1.23 bits per heavy atom. The molecular weight excluding hydrogens is 320 g/mol. The summed E-state index contributed by atoms with van der Waals surface area (Å²) < 4.78 is 4.12. The molecule has 2 aliphatic rings. The van der Waals surface area contributed by atoms with Crippen LogP contribution >= 0.6 is 0 Å². The summed E-state index contributed by atoms with van der Waals surface area (Å²) in [5.41, 5.74) is 2.40. The van der Waals surface area contributed by atoms with Crippen LogP contribution in [0.15, 0.2) is 47.9 Å². The van der Waals surface area contributed by atoms with Gasteiger partial charge in [-0.3, -0.25) is 22.0 Å². The Balaban J connectivity index is 1.99. The molecular formula is C22H32N4-2. The lowest BCUT2D eigenvalue weighted by Gasteiger charge is -2.39. The fourth-order valence-corrected chi connectivity index (χ4v) is 2.93. The topological polar surface area (TPSA) is 12.5 Å². The zero-order chi connectivity index (χ0) is 19.1. The Hall–Kier alpha value is -2.62. The lowest BCUT2D eigenvalue weighted by molar-refractivity contribution is -0.567. The molecule has 0 aromatic heterocycles. The normalized spacial score (nSPS) is 15.7. The Bertz CT molecular complexity index is 583. The second-order valence-corrected chi connectivity index (χ2v) is 6.53. The molecule has 0 unspecified atom stereocenters. The van der Waals surface area contributed by atoms with E-state index in [4.69, 9.17) is 0 Å². The molecule has 2 aliphatic carbocycles. The Morgan fingerprint density at radius 1 is 0.846 bits per heavy atom. The van der Waals surface area contributed by atoms with E-state index < -0.39 is 0 Å². The first kappa shape index (κ1) is 19.7. The molecule has 0 saturated heterocycles. The van der Waals surface area contributed by atoms with E-state index in [1.165, 1.54) is 11.4 Å². The lowest BCUT2D eigenvalue weighted by atomic mass is 10.0. The Labute approximate surface area is 159 Å². The van der Waals surface area contributed by atoms with Gasteiger partial charge in [-0.15, -0.1) is 0 Å². The molecule has 0 saturated carbocycles. The van der Waals surface area contributed by atoms with Gasteiger partial charge in [-0.2, -0.15) is 12.2 Å². The van der Waals surface area contributed by atoms with E-state index in [1.807, 2.05) is 0 Å². The van der Waals surface area contributed by atoms with Gasteiger partial charge in [0.25, 0.3) is 0 Å². The van der Waals surface area contributed by atoms with E-state index in [2.05, 4.69) is 110 Å². The predicted octanol–water partition coefficient (Wildman–Crippen LogP) is 2.70.